The van der Waals surface area contributed by atoms with Crippen molar-refractivity contribution in [2.75, 3.05) is 0 Å². The second-order valence-electron chi connectivity index (χ2n) is 11.0. The van der Waals surface area contributed by atoms with E-state index in [1.54, 1.807) is 48.5 Å². The minimum atomic E-state index is -1.36. The predicted molar refractivity (Wildman–Crippen MR) is 139 cm³/mol. The van der Waals surface area contributed by atoms with Gasteiger partial charge < -0.3 is 19.4 Å². The van der Waals surface area contributed by atoms with E-state index in [2.05, 4.69) is 0 Å². The van der Waals surface area contributed by atoms with E-state index in [9.17, 15) is 29.4 Å². The molecule has 1 aliphatic carbocycles. The lowest BCUT2D eigenvalue weighted by molar-refractivity contribution is -0.190. The van der Waals surface area contributed by atoms with Gasteiger partial charge in [0.25, 0.3) is 0 Å². The van der Waals surface area contributed by atoms with Crippen molar-refractivity contribution < 1.29 is 33.8 Å². The molecule has 0 amide bonds. The number of rotatable bonds is 9. The first kappa shape index (κ1) is 30.9. The number of esters is 1. The largest absolute Gasteiger partial charge is 0.465 e. The zero-order valence-electron chi connectivity index (χ0n) is 23.9. The van der Waals surface area contributed by atoms with Crippen LogP contribution < -0.4 is 5.43 Å². The Balaban J connectivity index is 2.22. The highest BCUT2D eigenvalue weighted by Crippen LogP contribution is 2.43. The van der Waals surface area contributed by atoms with Crippen molar-refractivity contribution >= 4 is 17.5 Å². The summed E-state index contributed by atoms with van der Waals surface area (Å²) in [4.78, 5) is 51.8. The molecule has 1 aromatic rings. The third kappa shape index (κ3) is 5.46. The Hall–Kier alpha value is -2.32. The summed E-state index contributed by atoms with van der Waals surface area (Å²) in [5.74, 6) is -5.00. The summed E-state index contributed by atoms with van der Waals surface area (Å²) < 4.78 is 11.6. The Labute approximate surface area is 219 Å². The lowest BCUT2D eigenvalue weighted by atomic mass is 9.63. The van der Waals surface area contributed by atoms with E-state index in [1.165, 1.54) is 13.8 Å². The summed E-state index contributed by atoms with van der Waals surface area (Å²) in [5, 5.41) is 22.1. The van der Waals surface area contributed by atoms with E-state index in [4.69, 9.17) is 9.15 Å². The van der Waals surface area contributed by atoms with E-state index in [0.717, 1.165) is 0 Å². The number of ketones is 2. The Bertz CT molecular complexity index is 1090. The van der Waals surface area contributed by atoms with Crippen LogP contribution in [0.15, 0.2) is 9.21 Å². The lowest BCUT2D eigenvalue weighted by Crippen LogP contribution is -2.60. The molecule has 208 valence electrons. The van der Waals surface area contributed by atoms with Crippen molar-refractivity contribution in [1.29, 1.82) is 0 Å². The molecule has 0 unspecified atom stereocenters. The van der Waals surface area contributed by atoms with Crippen molar-refractivity contribution in [2.45, 2.75) is 106 Å². The normalized spacial score (nSPS) is 29.4. The third-order valence-corrected chi connectivity index (χ3v) is 8.91. The summed E-state index contributed by atoms with van der Waals surface area (Å²) in [6.07, 6.45) is -1.38. The first-order valence-electron chi connectivity index (χ1n) is 13.4. The summed E-state index contributed by atoms with van der Waals surface area (Å²) >= 11 is 0. The van der Waals surface area contributed by atoms with Crippen molar-refractivity contribution in [3.63, 3.8) is 0 Å². The molecule has 9 atom stereocenters. The fourth-order valence-electron chi connectivity index (χ4n) is 5.81. The number of ether oxygens (including phenoxy) is 1. The second kappa shape index (κ2) is 11.6. The molecule has 0 aromatic carbocycles. The Morgan fingerprint density at radius 1 is 1.03 bits per heavy atom. The molecule has 1 saturated carbocycles. The van der Waals surface area contributed by atoms with Gasteiger partial charge in [-0.3, -0.25) is 19.2 Å². The number of Topliss-reactive ketones (excluding diaryl/α,β-unsaturated/α-hetero) is 2. The van der Waals surface area contributed by atoms with E-state index < -0.39 is 59.3 Å². The highest BCUT2D eigenvalue weighted by molar-refractivity contribution is 5.88. The van der Waals surface area contributed by atoms with Crippen LogP contribution in [0.5, 0.6) is 0 Å². The van der Waals surface area contributed by atoms with Crippen LogP contribution in [-0.2, 0) is 25.5 Å². The van der Waals surface area contributed by atoms with Crippen molar-refractivity contribution in [1.82, 2.24) is 0 Å². The monoisotopic (exact) mass is 520 g/mol. The number of aliphatic hydroxyl groups is 2. The highest BCUT2D eigenvalue weighted by Gasteiger charge is 2.54. The van der Waals surface area contributed by atoms with Crippen LogP contribution in [0.4, 0.5) is 0 Å². The number of carbonyl (C=O) groups excluding carboxylic acids is 3. The van der Waals surface area contributed by atoms with Crippen LogP contribution in [0.3, 0.4) is 0 Å². The number of hydrogen-bond donors (Lipinski definition) is 2. The van der Waals surface area contributed by atoms with Crippen molar-refractivity contribution in [2.24, 2.45) is 29.6 Å². The molecule has 0 saturated heterocycles. The number of aryl methyl sites for hydroxylation is 1. The molecule has 2 N–H and O–H groups in total. The second-order valence-corrected chi connectivity index (χ2v) is 11.0. The number of carbonyl (C=O) groups is 3. The molecule has 1 heterocycles. The van der Waals surface area contributed by atoms with Crippen LogP contribution in [0, 0.1) is 43.4 Å². The SMILES string of the molecule is CCc1oc([C@H](C)C(=O)[C@@H](C)[C@@H](O)[C@@H](C)C(=O)O[C@@H]2[C@@H](C)[C@](O)(CC)[C@@H](C)C(=O)[C@@H]2C)c(C)c(=O)c1C. The Kier molecular flexibility index (Phi) is 9.69. The molecule has 1 fully saturated rings. The molecule has 37 heavy (non-hydrogen) atoms. The standard InChI is InChI=1S/C29H44O8/c1-11-21-13(3)22(30)15(5)26(36-21)16(6)23(31)14(4)24(32)18(8)28(34)37-27-17(7)25(33)19(9)29(35,12-2)20(27)10/h14,16-20,24,27,32,35H,11-12H2,1-10H3/t14-,16-,17+,18-,19+,20-,24-,27+,29+/m1/s1. The molecule has 1 aromatic heterocycles. The number of hydrogen-bond acceptors (Lipinski definition) is 8. The zero-order chi connectivity index (χ0) is 28.6. The molecule has 0 aliphatic heterocycles. The van der Waals surface area contributed by atoms with Crippen LogP contribution in [0.2, 0.25) is 0 Å². The van der Waals surface area contributed by atoms with Gasteiger partial charge in [0.2, 0.25) is 0 Å². The molecule has 0 bridgehead atoms. The van der Waals surface area contributed by atoms with E-state index in [0.29, 0.717) is 29.7 Å². The van der Waals surface area contributed by atoms with Crippen LogP contribution >= 0.6 is 0 Å². The van der Waals surface area contributed by atoms with Gasteiger partial charge >= 0.3 is 5.97 Å². The van der Waals surface area contributed by atoms with Crippen LogP contribution in [0.1, 0.15) is 90.4 Å². The van der Waals surface area contributed by atoms with Crippen LogP contribution in [-0.4, -0.2) is 45.6 Å². The quantitative estimate of drug-likeness (QED) is 0.472. The Morgan fingerprint density at radius 2 is 1.59 bits per heavy atom. The summed E-state index contributed by atoms with van der Waals surface area (Å²) in [6, 6.07) is 0. The van der Waals surface area contributed by atoms with Gasteiger partial charge in [0, 0.05) is 35.3 Å². The maximum absolute atomic E-state index is 13.3. The summed E-state index contributed by atoms with van der Waals surface area (Å²) in [6.45, 7) is 16.7. The topological polar surface area (TPSA) is 131 Å². The first-order chi connectivity index (χ1) is 17.1. The Morgan fingerprint density at radius 3 is 2.11 bits per heavy atom. The molecule has 1 aliphatic rings. The summed E-state index contributed by atoms with van der Waals surface area (Å²) in [5.41, 5.74) is -0.605. The minimum absolute atomic E-state index is 0.172. The average molecular weight is 521 g/mol. The van der Waals surface area contributed by atoms with Gasteiger partial charge in [0.15, 0.2) is 5.43 Å². The maximum Gasteiger partial charge on any atom is 0.311 e. The molecular formula is C29H44O8. The van der Waals surface area contributed by atoms with E-state index >= 15 is 0 Å². The third-order valence-electron chi connectivity index (χ3n) is 8.91. The zero-order valence-corrected chi connectivity index (χ0v) is 23.9. The highest BCUT2D eigenvalue weighted by atomic mass is 16.5. The fraction of sp³-hybridized carbons (Fsp3) is 0.724. The molecule has 2 rings (SSSR count). The minimum Gasteiger partial charge on any atom is -0.465 e. The maximum atomic E-state index is 13.3. The molecule has 0 spiro atoms. The van der Waals surface area contributed by atoms with Gasteiger partial charge in [-0.2, -0.15) is 0 Å². The smallest absolute Gasteiger partial charge is 0.311 e. The number of aliphatic hydroxyl groups excluding tert-OH is 1. The van der Waals surface area contributed by atoms with Gasteiger partial charge in [-0.05, 0) is 34.1 Å². The van der Waals surface area contributed by atoms with Gasteiger partial charge in [-0.25, -0.2) is 0 Å². The van der Waals surface area contributed by atoms with E-state index in [1.807, 2.05) is 6.92 Å². The lowest BCUT2D eigenvalue weighted by Gasteiger charge is -2.48. The molecule has 8 nitrogen and oxygen atoms in total. The average Bonchev–Trinajstić information content (AvgIpc) is 2.89. The van der Waals surface area contributed by atoms with Crippen LogP contribution in [0.25, 0.3) is 0 Å². The first-order valence-corrected chi connectivity index (χ1v) is 13.4. The fourth-order valence-corrected chi connectivity index (χ4v) is 5.81. The van der Waals surface area contributed by atoms with E-state index in [-0.39, 0.29) is 22.8 Å². The van der Waals surface area contributed by atoms with Gasteiger partial charge in [-0.1, -0.05) is 41.5 Å². The van der Waals surface area contributed by atoms with Gasteiger partial charge in [0.1, 0.15) is 29.2 Å². The molecular weight excluding hydrogens is 476 g/mol. The van der Waals surface area contributed by atoms with Crippen molar-refractivity contribution in [3.05, 3.63) is 32.9 Å². The molecule has 8 heteroatoms. The van der Waals surface area contributed by atoms with Crippen molar-refractivity contribution in [3.8, 4) is 0 Å². The molecule has 0 radical (unpaired) electrons. The van der Waals surface area contributed by atoms with Gasteiger partial charge in [-0.15, -0.1) is 0 Å². The van der Waals surface area contributed by atoms with Gasteiger partial charge in [0.05, 0.1) is 29.5 Å². The predicted octanol–water partition coefficient (Wildman–Crippen LogP) is 3.67. The summed E-state index contributed by atoms with van der Waals surface area (Å²) in [7, 11) is 0.